The van der Waals surface area contributed by atoms with Crippen molar-refractivity contribution in [3.05, 3.63) is 53.5 Å². The molecule has 0 radical (unpaired) electrons. The van der Waals surface area contributed by atoms with Gasteiger partial charge in [-0.25, -0.2) is 4.98 Å². The van der Waals surface area contributed by atoms with Crippen LogP contribution in [-0.4, -0.2) is 36.3 Å². The summed E-state index contributed by atoms with van der Waals surface area (Å²) in [4.78, 5) is 8.71. The molecule has 1 aromatic carbocycles. The van der Waals surface area contributed by atoms with E-state index in [1.807, 2.05) is 6.92 Å². The minimum atomic E-state index is 0.153. The molecule has 0 unspecified atom stereocenters. The second-order valence-electron chi connectivity index (χ2n) is 5.23. The number of rotatable bonds is 5. The van der Waals surface area contributed by atoms with E-state index in [1.165, 1.54) is 11.1 Å². The van der Waals surface area contributed by atoms with Crippen molar-refractivity contribution in [1.29, 1.82) is 0 Å². The number of ether oxygens (including phenoxy) is 2. The molecule has 5 nitrogen and oxygen atoms in total. The van der Waals surface area contributed by atoms with Crippen molar-refractivity contribution in [2.45, 2.75) is 19.4 Å². The van der Waals surface area contributed by atoms with E-state index >= 15 is 0 Å². The van der Waals surface area contributed by atoms with Crippen molar-refractivity contribution >= 4 is 0 Å². The van der Waals surface area contributed by atoms with Gasteiger partial charge in [0.2, 0.25) is 5.88 Å². The Kier molecular flexibility index (Phi) is 4.98. The normalized spacial score (nSPS) is 18.1. The van der Waals surface area contributed by atoms with Crippen LogP contribution in [0.3, 0.4) is 0 Å². The lowest BCUT2D eigenvalue weighted by atomic mass is 10.0. The van der Waals surface area contributed by atoms with Crippen LogP contribution >= 0.6 is 0 Å². The van der Waals surface area contributed by atoms with E-state index in [0.717, 1.165) is 25.5 Å². The fraction of sp³-hybridized carbons (Fsp3) is 0.412. The summed E-state index contributed by atoms with van der Waals surface area (Å²) in [7, 11) is 0. The summed E-state index contributed by atoms with van der Waals surface area (Å²) in [5.74, 6) is 1.40. The molecular formula is C17H21N3O2. The standard InChI is InChI=1S/C17H21N3O2/c1-2-21-17-7-8-19-16(20-17)11-13-3-5-14(6-4-13)15-12-18-9-10-22-15/h3-8,15,18H,2,9-12H2,1H3/t15-/m1/s1. The average Bonchev–Trinajstić information content (AvgIpc) is 2.57. The summed E-state index contributed by atoms with van der Waals surface area (Å²) >= 11 is 0. The number of aromatic nitrogens is 2. The molecular weight excluding hydrogens is 278 g/mol. The van der Waals surface area contributed by atoms with Crippen molar-refractivity contribution in [2.24, 2.45) is 0 Å². The molecule has 1 atom stereocenters. The van der Waals surface area contributed by atoms with E-state index < -0.39 is 0 Å². The molecule has 1 aliphatic rings. The van der Waals surface area contributed by atoms with E-state index in [1.54, 1.807) is 12.3 Å². The van der Waals surface area contributed by atoms with Gasteiger partial charge in [0.05, 0.1) is 19.3 Å². The van der Waals surface area contributed by atoms with Crippen molar-refractivity contribution in [1.82, 2.24) is 15.3 Å². The van der Waals surface area contributed by atoms with E-state index in [2.05, 4.69) is 39.6 Å². The van der Waals surface area contributed by atoms with Gasteiger partial charge in [0.15, 0.2) is 0 Å². The van der Waals surface area contributed by atoms with Gasteiger partial charge in [0, 0.05) is 31.8 Å². The molecule has 0 saturated carbocycles. The monoisotopic (exact) mass is 299 g/mol. The lowest BCUT2D eigenvalue weighted by Crippen LogP contribution is -2.33. The van der Waals surface area contributed by atoms with Gasteiger partial charge in [0.25, 0.3) is 0 Å². The highest BCUT2D eigenvalue weighted by atomic mass is 16.5. The Labute approximate surface area is 130 Å². The molecule has 0 bridgehead atoms. The number of benzene rings is 1. The minimum Gasteiger partial charge on any atom is -0.478 e. The van der Waals surface area contributed by atoms with E-state index in [9.17, 15) is 0 Å². The third-order valence-corrected chi connectivity index (χ3v) is 3.61. The summed E-state index contributed by atoms with van der Waals surface area (Å²) in [6.07, 6.45) is 2.59. The Hall–Kier alpha value is -1.98. The molecule has 1 aromatic heterocycles. The first-order chi connectivity index (χ1) is 10.8. The summed E-state index contributed by atoms with van der Waals surface area (Å²) in [5, 5.41) is 3.35. The second-order valence-corrected chi connectivity index (χ2v) is 5.23. The predicted octanol–water partition coefficient (Wildman–Crippen LogP) is 2.13. The van der Waals surface area contributed by atoms with Crippen LogP contribution in [0.25, 0.3) is 0 Å². The molecule has 116 valence electrons. The highest BCUT2D eigenvalue weighted by Gasteiger charge is 2.15. The lowest BCUT2D eigenvalue weighted by Gasteiger charge is -2.24. The third kappa shape index (κ3) is 3.81. The van der Waals surface area contributed by atoms with Crippen molar-refractivity contribution in [2.75, 3.05) is 26.3 Å². The Balaban J connectivity index is 1.66. The molecule has 1 aliphatic heterocycles. The quantitative estimate of drug-likeness (QED) is 0.916. The number of nitrogens with zero attached hydrogens (tertiary/aromatic N) is 2. The van der Waals surface area contributed by atoms with Gasteiger partial charge in [-0.2, -0.15) is 4.98 Å². The van der Waals surface area contributed by atoms with Crippen LogP contribution in [0, 0.1) is 0 Å². The molecule has 2 aromatic rings. The minimum absolute atomic E-state index is 0.153. The highest BCUT2D eigenvalue weighted by Crippen LogP contribution is 2.20. The van der Waals surface area contributed by atoms with Crippen LogP contribution in [0.4, 0.5) is 0 Å². The first-order valence-corrected chi connectivity index (χ1v) is 7.71. The van der Waals surface area contributed by atoms with Gasteiger partial charge >= 0.3 is 0 Å². The van der Waals surface area contributed by atoms with Gasteiger partial charge in [-0.15, -0.1) is 0 Å². The molecule has 1 N–H and O–H groups in total. The van der Waals surface area contributed by atoms with Gasteiger partial charge in [-0.3, -0.25) is 0 Å². The molecule has 0 aliphatic carbocycles. The molecule has 5 heteroatoms. The first-order valence-electron chi connectivity index (χ1n) is 7.71. The summed E-state index contributed by atoms with van der Waals surface area (Å²) < 4.78 is 11.2. The van der Waals surface area contributed by atoms with E-state index in [4.69, 9.17) is 9.47 Å². The van der Waals surface area contributed by atoms with Crippen LogP contribution in [0.2, 0.25) is 0 Å². The fourth-order valence-electron chi connectivity index (χ4n) is 2.51. The Morgan fingerprint density at radius 3 is 2.86 bits per heavy atom. The van der Waals surface area contributed by atoms with Crippen LogP contribution < -0.4 is 10.1 Å². The zero-order valence-corrected chi connectivity index (χ0v) is 12.8. The third-order valence-electron chi connectivity index (χ3n) is 3.61. The van der Waals surface area contributed by atoms with E-state index in [-0.39, 0.29) is 6.10 Å². The molecule has 1 saturated heterocycles. The number of hydrogen-bond donors (Lipinski definition) is 1. The van der Waals surface area contributed by atoms with Gasteiger partial charge in [-0.1, -0.05) is 24.3 Å². The van der Waals surface area contributed by atoms with Gasteiger partial charge in [-0.05, 0) is 18.1 Å². The molecule has 3 rings (SSSR count). The Morgan fingerprint density at radius 2 is 2.14 bits per heavy atom. The topological polar surface area (TPSA) is 56.3 Å². The smallest absolute Gasteiger partial charge is 0.216 e. The predicted molar refractivity (Wildman–Crippen MR) is 84.0 cm³/mol. The molecule has 0 spiro atoms. The fourth-order valence-corrected chi connectivity index (χ4v) is 2.51. The van der Waals surface area contributed by atoms with Crippen LogP contribution in [0.5, 0.6) is 5.88 Å². The largest absolute Gasteiger partial charge is 0.478 e. The molecule has 0 amide bonds. The first kappa shape index (κ1) is 14.9. The second kappa shape index (κ2) is 7.33. The lowest BCUT2D eigenvalue weighted by molar-refractivity contribution is 0.0277. The average molecular weight is 299 g/mol. The zero-order valence-electron chi connectivity index (χ0n) is 12.8. The summed E-state index contributed by atoms with van der Waals surface area (Å²) in [5.41, 5.74) is 2.39. The van der Waals surface area contributed by atoms with Gasteiger partial charge in [0.1, 0.15) is 5.82 Å². The maximum Gasteiger partial charge on any atom is 0.216 e. The number of morpholine rings is 1. The van der Waals surface area contributed by atoms with Crippen molar-refractivity contribution < 1.29 is 9.47 Å². The van der Waals surface area contributed by atoms with Crippen LogP contribution in [0.1, 0.15) is 30.0 Å². The van der Waals surface area contributed by atoms with Crippen molar-refractivity contribution in [3.63, 3.8) is 0 Å². The Morgan fingerprint density at radius 1 is 1.27 bits per heavy atom. The number of hydrogen-bond acceptors (Lipinski definition) is 5. The zero-order chi connectivity index (χ0) is 15.2. The van der Waals surface area contributed by atoms with Gasteiger partial charge < -0.3 is 14.8 Å². The van der Waals surface area contributed by atoms with Crippen LogP contribution in [-0.2, 0) is 11.2 Å². The highest BCUT2D eigenvalue weighted by molar-refractivity contribution is 5.27. The summed E-state index contributed by atoms with van der Waals surface area (Å²) in [6.45, 7) is 5.13. The maximum atomic E-state index is 5.76. The molecule has 1 fully saturated rings. The summed E-state index contributed by atoms with van der Waals surface area (Å²) in [6, 6.07) is 10.3. The molecule has 22 heavy (non-hydrogen) atoms. The number of nitrogens with one attached hydrogen (secondary N) is 1. The Bertz CT molecular complexity index is 595. The van der Waals surface area contributed by atoms with E-state index in [0.29, 0.717) is 18.9 Å². The van der Waals surface area contributed by atoms with Crippen molar-refractivity contribution in [3.8, 4) is 5.88 Å². The molecule has 2 heterocycles. The maximum absolute atomic E-state index is 5.76. The van der Waals surface area contributed by atoms with Crippen LogP contribution in [0.15, 0.2) is 36.5 Å². The SMILES string of the molecule is CCOc1ccnc(Cc2ccc([C@H]3CNCCO3)cc2)n1.